The quantitative estimate of drug-likeness (QED) is 0.529. The Kier molecular flexibility index (Phi) is 3.81. The second-order valence-corrected chi connectivity index (χ2v) is 5.87. The molecule has 9 nitrogen and oxygen atoms in total. The molecule has 3 rings (SSSR count). The predicted molar refractivity (Wildman–Crippen MR) is 87.5 cm³/mol. The summed E-state index contributed by atoms with van der Waals surface area (Å²) in [5, 5.41) is 23.4. The summed E-state index contributed by atoms with van der Waals surface area (Å²) >= 11 is 0.941. The molecule has 0 N–H and O–H groups in total. The average Bonchev–Trinajstić information content (AvgIpc) is 2.95. The first-order chi connectivity index (χ1) is 11.4. The largest absolute Gasteiger partial charge is 0.306 e. The third-order valence-electron chi connectivity index (χ3n) is 3.56. The van der Waals surface area contributed by atoms with Crippen molar-refractivity contribution >= 4 is 32.9 Å². The van der Waals surface area contributed by atoms with Crippen LogP contribution in [0.5, 0.6) is 0 Å². The molecule has 24 heavy (non-hydrogen) atoms. The van der Waals surface area contributed by atoms with Gasteiger partial charge in [0.25, 0.3) is 11.2 Å². The molecule has 2 aromatic heterocycles. The summed E-state index contributed by atoms with van der Waals surface area (Å²) in [6, 6.07) is 6.11. The monoisotopic (exact) mass is 346 g/mol. The number of aryl methyl sites for hydroxylation is 1. The van der Waals surface area contributed by atoms with E-state index in [2.05, 4.69) is 4.98 Å². The third-order valence-corrected chi connectivity index (χ3v) is 4.51. The number of thiophene rings is 1. The molecule has 0 saturated carbocycles. The average molecular weight is 346 g/mol. The summed E-state index contributed by atoms with van der Waals surface area (Å²) in [6.07, 6.45) is 0. The SMILES string of the molecule is Cc1nc2c([N+](=O)[O-])csc2c(=O)n1Cc1ccccc1[N+](=O)[O-]. The Morgan fingerprint density at radius 2 is 1.83 bits per heavy atom. The van der Waals surface area contributed by atoms with E-state index in [1.807, 2.05) is 0 Å². The summed E-state index contributed by atoms with van der Waals surface area (Å²) in [6.45, 7) is 1.51. The Balaban J connectivity index is 2.17. The highest BCUT2D eigenvalue weighted by atomic mass is 32.1. The van der Waals surface area contributed by atoms with Crippen LogP contribution in [0.2, 0.25) is 0 Å². The predicted octanol–water partition coefficient (Wildman–Crippen LogP) is 2.63. The van der Waals surface area contributed by atoms with Gasteiger partial charge in [0.05, 0.1) is 21.8 Å². The summed E-state index contributed by atoms with van der Waals surface area (Å²) in [5.41, 5.74) is -0.353. The number of nitrogens with zero attached hydrogens (tertiary/aromatic N) is 4. The van der Waals surface area contributed by atoms with Crippen molar-refractivity contribution in [3.8, 4) is 0 Å². The summed E-state index contributed by atoms with van der Waals surface area (Å²) in [4.78, 5) is 37.7. The van der Waals surface area contributed by atoms with Gasteiger partial charge in [-0.15, -0.1) is 11.3 Å². The molecule has 122 valence electrons. The molecular weight excluding hydrogens is 336 g/mol. The molecule has 0 bridgehead atoms. The minimum absolute atomic E-state index is 0.0313. The molecule has 0 aliphatic rings. The van der Waals surface area contributed by atoms with Crippen LogP contribution in [0.4, 0.5) is 11.4 Å². The normalized spacial score (nSPS) is 10.9. The number of para-hydroxylation sites is 1. The van der Waals surface area contributed by atoms with Crippen LogP contribution in [0.3, 0.4) is 0 Å². The summed E-state index contributed by atoms with van der Waals surface area (Å²) < 4.78 is 1.44. The van der Waals surface area contributed by atoms with Gasteiger partial charge in [0.1, 0.15) is 10.5 Å². The summed E-state index contributed by atoms with van der Waals surface area (Å²) in [5.74, 6) is 0.257. The molecule has 0 atom stereocenters. The van der Waals surface area contributed by atoms with Crippen LogP contribution in [0.25, 0.3) is 10.2 Å². The van der Waals surface area contributed by atoms with E-state index < -0.39 is 15.4 Å². The Labute approximate surface area is 138 Å². The zero-order valence-corrected chi connectivity index (χ0v) is 13.1. The molecule has 0 amide bonds. The van der Waals surface area contributed by atoms with Crippen molar-refractivity contribution in [2.24, 2.45) is 0 Å². The molecule has 0 aliphatic carbocycles. The van der Waals surface area contributed by atoms with Gasteiger partial charge in [-0.2, -0.15) is 0 Å². The smallest absolute Gasteiger partial charge is 0.291 e. The third kappa shape index (κ3) is 2.52. The highest BCUT2D eigenvalue weighted by Crippen LogP contribution is 2.28. The van der Waals surface area contributed by atoms with E-state index >= 15 is 0 Å². The van der Waals surface area contributed by atoms with Crippen LogP contribution < -0.4 is 5.56 Å². The molecular formula is C14H10N4O5S. The van der Waals surface area contributed by atoms with Crippen molar-refractivity contribution in [3.05, 3.63) is 71.6 Å². The van der Waals surface area contributed by atoms with Crippen molar-refractivity contribution < 1.29 is 9.85 Å². The molecule has 1 aromatic carbocycles. The lowest BCUT2D eigenvalue weighted by Gasteiger charge is -2.09. The number of hydrogen-bond donors (Lipinski definition) is 0. The fraction of sp³-hybridized carbons (Fsp3) is 0.143. The van der Waals surface area contributed by atoms with E-state index in [1.54, 1.807) is 18.2 Å². The Morgan fingerprint density at radius 3 is 2.50 bits per heavy atom. The number of hydrogen-bond acceptors (Lipinski definition) is 7. The molecule has 3 aromatic rings. The molecule has 0 saturated heterocycles. The number of nitro groups is 2. The number of nitro benzene ring substituents is 1. The first-order valence-corrected chi connectivity index (χ1v) is 7.63. The standard InChI is InChI=1S/C14H10N4O5S/c1-8-15-12-11(18(22)23)7-24-13(12)14(19)16(8)6-9-4-2-3-5-10(9)17(20)21/h2-5,7H,6H2,1H3. The van der Waals surface area contributed by atoms with Crippen molar-refractivity contribution in [1.29, 1.82) is 0 Å². The number of rotatable bonds is 4. The maximum atomic E-state index is 12.6. The summed E-state index contributed by atoms with van der Waals surface area (Å²) in [7, 11) is 0. The molecule has 0 unspecified atom stereocenters. The lowest BCUT2D eigenvalue weighted by molar-refractivity contribution is -0.385. The minimum atomic E-state index is -0.586. The Morgan fingerprint density at radius 1 is 1.17 bits per heavy atom. The van der Waals surface area contributed by atoms with Crippen LogP contribution in [0.1, 0.15) is 11.4 Å². The number of aromatic nitrogens is 2. The van der Waals surface area contributed by atoms with E-state index in [1.165, 1.54) is 22.9 Å². The van der Waals surface area contributed by atoms with Crippen molar-refractivity contribution in [2.45, 2.75) is 13.5 Å². The van der Waals surface area contributed by atoms with Crippen LogP contribution >= 0.6 is 11.3 Å². The van der Waals surface area contributed by atoms with Gasteiger partial charge in [-0.1, -0.05) is 18.2 Å². The van der Waals surface area contributed by atoms with Crippen molar-refractivity contribution in [1.82, 2.24) is 9.55 Å². The van der Waals surface area contributed by atoms with Crippen LogP contribution in [-0.4, -0.2) is 19.4 Å². The van der Waals surface area contributed by atoms with Crippen molar-refractivity contribution in [2.75, 3.05) is 0 Å². The van der Waals surface area contributed by atoms with Gasteiger partial charge in [0, 0.05) is 11.6 Å². The van der Waals surface area contributed by atoms with Gasteiger partial charge in [-0.25, -0.2) is 4.98 Å². The highest BCUT2D eigenvalue weighted by Gasteiger charge is 2.22. The first-order valence-electron chi connectivity index (χ1n) is 6.75. The van der Waals surface area contributed by atoms with Gasteiger partial charge >= 0.3 is 5.69 Å². The Bertz CT molecular complexity index is 1040. The zero-order chi connectivity index (χ0) is 17.4. The van der Waals surface area contributed by atoms with Gasteiger partial charge < -0.3 is 0 Å². The fourth-order valence-corrected chi connectivity index (χ4v) is 3.30. The van der Waals surface area contributed by atoms with E-state index in [0.29, 0.717) is 5.56 Å². The van der Waals surface area contributed by atoms with Gasteiger partial charge in [0.15, 0.2) is 5.52 Å². The zero-order valence-electron chi connectivity index (χ0n) is 12.3. The second-order valence-electron chi connectivity index (χ2n) is 4.99. The first kappa shape index (κ1) is 15.7. The second kappa shape index (κ2) is 5.81. The fourth-order valence-electron chi connectivity index (χ4n) is 2.40. The molecule has 0 radical (unpaired) electrons. The minimum Gasteiger partial charge on any atom is -0.291 e. The van der Waals surface area contributed by atoms with Crippen LogP contribution in [0.15, 0.2) is 34.4 Å². The van der Waals surface area contributed by atoms with Crippen LogP contribution in [-0.2, 0) is 6.54 Å². The topological polar surface area (TPSA) is 121 Å². The van der Waals surface area contributed by atoms with Crippen LogP contribution in [0, 0.1) is 27.2 Å². The van der Waals surface area contributed by atoms with E-state index in [-0.39, 0.29) is 34.0 Å². The van der Waals surface area contributed by atoms with Gasteiger partial charge in [0.2, 0.25) is 0 Å². The van der Waals surface area contributed by atoms with Gasteiger partial charge in [-0.05, 0) is 6.92 Å². The molecule has 0 aliphatic heterocycles. The number of fused-ring (bicyclic) bond motifs is 1. The molecule has 0 fully saturated rings. The lowest BCUT2D eigenvalue weighted by atomic mass is 10.2. The Hall–Kier alpha value is -3.14. The van der Waals surface area contributed by atoms with E-state index in [9.17, 15) is 25.0 Å². The van der Waals surface area contributed by atoms with E-state index in [0.717, 1.165) is 11.3 Å². The molecule has 10 heteroatoms. The lowest BCUT2D eigenvalue weighted by Crippen LogP contribution is -2.24. The highest BCUT2D eigenvalue weighted by molar-refractivity contribution is 7.17. The van der Waals surface area contributed by atoms with Crippen molar-refractivity contribution in [3.63, 3.8) is 0 Å². The number of benzene rings is 1. The maximum absolute atomic E-state index is 12.6. The molecule has 0 spiro atoms. The maximum Gasteiger partial charge on any atom is 0.306 e. The van der Waals surface area contributed by atoms with Gasteiger partial charge in [-0.3, -0.25) is 29.6 Å². The van der Waals surface area contributed by atoms with E-state index in [4.69, 9.17) is 0 Å². The molecule has 2 heterocycles.